The van der Waals surface area contributed by atoms with Crippen LogP contribution in [-0.2, 0) is 15.0 Å². The monoisotopic (exact) mass is 300 g/mol. The maximum absolute atomic E-state index is 11.8. The number of ketones is 1. The van der Waals surface area contributed by atoms with Gasteiger partial charge in [0, 0.05) is 12.0 Å². The fraction of sp³-hybridized carbons (Fsp3) is 0.333. The minimum atomic E-state index is -0.959. The fourth-order valence-electron chi connectivity index (χ4n) is 1.51. The molecular weight excluding hydrogens is 288 g/mol. The van der Waals surface area contributed by atoms with E-state index in [1.807, 2.05) is 12.1 Å². The SMILES string of the molecule is O=C(O)CCC(=O)c1ccccc1CCOBr. The van der Waals surface area contributed by atoms with Crippen LogP contribution in [0.4, 0.5) is 0 Å². The molecule has 0 heterocycles. The van der Waals surface area contributed by atoms with Crippen LogP contribution in [-0.4, -0.2) is 23.5 Å². The van der Waals surface area contributed by atoms with Gasteiger partial charge in [-0.1, -0.05) is 24.3 Å². The molecule has 0 spiro atoms. The van der Waals surface area contributed by atoms with Crippen LogP contribution in [0, 0.1) is 0 Å². The number of carbonyl (C=O) groups excluding carboxylic acids is 1. The van der Waals surface area contributed by atoms with Crippen LogP contribution in [0.3, 0.4) is 0 Å². The van der Waals surface area contributed by atoms with Crippen LogP contribution in [0.1, 0.15) is 28.8 Å². The topological polar surface area (TPSA) is 63.6 Å². The van der Waals surface area contributed by atoms with Crippen LogP contribution >= 0.6 is 16.3 Å². The van der Waals surface area contributed by atoms with E-state index < -0.39 is 5.97 Å². The largest absolute Gasteiger partial charge is 0.481 e. The van der Waals surface area contributed by atoms with Gasteiger partial charge >= 0.3 is 5.97 Å². The highest BCUT2D eigenvalue weighted by molar-refractivity contribution is 9.06. The number of carboxylic acids is 1. The molecular formula is C12H13BrO4. The van der Waals surface area contributed by atoms with Gasteiger partial charge in [-0.05, 0) is 12.0 Å². The van der Waals surface area contributed by atoms with Gasteiger partial charge in [0.05, 0.1) is 29.3 Å². The molecule has 5 heteroatoms. The smallest absolute Gasteiger partial charge is 0.303 e. The number of halogens is 1. The fourth-order valence-corrected chi connectivity index (χ4v) is 1.68. The van der Waals surface area contributed by atoms with Crippen LogP contribution in [0.5, 0.6) is 0 Å². The normalized spacial score (nSPS) is 10.2. The van der Waals surface area contributed by atoms with Gasteiger partial charge in [-0.3, -0.25) is 9.59 Å². The quantitative estimate of drug-likeness (QED) is 0.786. The summed E-state index contributed by atoms with van der Waals surface area (Å²) in [5, 5.41) is 8.54. The highest BCUT2D eigenvalue weighted by atomic mass is 79.9. The molecule has 0 aliphatic heterocycles. The van der Waals surface area contributed by atoms with Gasteiger partial charge in [0.2, 0.25) is 0 Å². The zero-order valence-electron chi connectivity index (χ0n) is 9.19. The Balaban J connectivity index is 2.74. The first-order valence-corrected chi connectivity index (χ1v) is 5.86. The lowest BCUT2D eigenvalue weighted by Crippen LogP contribution is -2.07. The van der Waals surface area contributed by atoms with Gasteiger partial charge < -0.3 is 8.93 Å². The van der Waals surface area contributed by atoms with E-state index in [0.717, 1.165) is 5.56 Å². The Morgan fingerprint density at radius 2 is 1.94 bits per heavy atom. The van der Waals surface area contributed by atoms with Crippen molar-refractivity contribution in [1.29, 1.82) is 0 Å². The zero-order chi connectivity index (χ0) is 12.7. The van der Waals surface area contributed by atoms with Crippen LogP contribution in [0.25, 0.3) is 0 Å². The molecule has 1 rings (SSSR count). The number of rotatable bonds is 7. The highest BCUT2D eigenvalue weighted by Gasteiger charge is 2.12. The second-order valence-corrected chi connectivity index (χ2v) is 4.00. The van der Waals surface area contributed by atoms with E-state index in [0.29, 0.717) is 18.6 Å². The van der Waals surface area contributed by atoms with Crippen LogP contribution in [0.2, 0.25) is 0 Å². The molecule has 0 saturated heterocycles. The molecule has 4 nitrogen and oxygen atoms in total. The van der Waals surface area contributed by atoms with Crippen molar-refractivity contribution >= 4 is 28.0 Å². The van der Waals surface area contributed by atoms with E-state index in [9.17, 15) is 9.59 Å². The summed E-state index contributed by atoms with van der Waals surface area (Å²) in [5.74, 6) is -1.10. The predicted molar refractivity (Wildman–Crippen MR) is 66.2 cm³/mol. The molecule has 0 atom stereocenters. The summed E-state index contributed by atoms with van der Waals surface area (Å²) < 4.78 is 4.79. The Labute approximate surface area is 108 Å². The Hall–Kier alpha value is -1.20. The van der Waals surface area contributed by atoms with Crippen molar-refractivity contribution in [3.05, 3.63) is 35.4 Å². The van der Waals surface area contributed by atoms with Gasteiger partial charge in [0.1, 0.15) is 0 Å². The van der Waals surface area contributed by atoms with Gasteiger partial charge in [-0.25, -0.2) is 0 Å². The summed E-state index contributed by atoms with van der Waals surface area (Å²) in [6.45, 7) is 0.462. The van der Waals surface area contributed by atoms with E-state index >= 15 is 0 Å². The molecule has 0 unspecified atom stereocenters. The lowest BCUT2D eigenvalue weighted by atomic mass is 9.99. The molecule has 0 fully saturated rings. The number of aliphatic carboxylic acids is 1. The first-order valence-electron chi connectivity index (χ1n) is 5.21. The summed E-state index contributed by atoms with van der Waals surface area (Å²) in [5.41, 5.74) is 1.46. The number of hydrogen-bond acceptors (Lipinski definition) is 3. The molecule has 0 amide bonds. The third kappa shape index (κ3) is 4.66. The third-order valence-electron chi connectivity index (χ3n) is 2.33. The minimum absolute atomic E-state index is 0.0293. The zero-order valence-corrected chi connectivity index (χ0v) is 10.8. The van der Waals surface area contributed by atoms with E-state index in [4.69, 9.17) is 8.93 Å². The molecule has 0 aromatic heterocycles. The van der Waals surface area contributed by atoms with Crippen molar-refractivity contribution in [3.63, 3.8) is 0 Å². The molecule has 0 aliphatic rings. The molecule has 0 radical (unpaired) electrons. The molecule has 0 bridgehead atoms. The van der Waals surface area contributed by atoms with Gasteiger partial charge in [-0.15, -0.1) is 0 Å². The summed E-state index contributed by atoms with van der Waals surface area (Å²) in [4.78, 5) is 22.2. The van der Waals surface area contributed by atoms with E-state index in [-0.39, 0.29) is 18.6 Å². The number of carbonyl (C=O) groups is 2. The summed E-state index contributed by atoms with van der Waals surface area (Å²) in [7, 11) is 0. The lowest BCUT2D eigenvalue weighted by Gasteiger charge is -2.07. The highest BCUT2D eigenvalue weighted by Crippen LogP contribution is 2.13. The summed E-state index contributed by atoms with van der Waals surface area (Å²) >= 11 is 2.86. The maximum atomic E-state index is 11.8. The second kappa shape index (κ2) is 7.19. The standard InChI is InChI=1S/C12H13BrO4/c13-17-8-7-9-3-1-2-4-10(9)11(14)5-6-12(15)16/h1-4H,5-8H2,(H,15,16). The maximum Gasteiger partial charge on any atom is 0.303 e. The molecule has 0 saturated carbocycles. The summed E-state index contributed by atoms with van der Waals surface area (Å²) in [6.07, 6.45) is 0.504. The average Bonchev–Trinajstić information content (AvgIpc) is 2.33. The van der Waals surface area contributed by atoms with Crippen molar-refractivity contribution in [1.82, 2.24) is 0 Å². The van der Waals surface area contributed by atoms with Crippen LogP contribution in [0.15, 0.2) is 24.3 Å². The predicted octanol–water partition coefficient (Wildman–Crippen LogP) is 2.60. The van der Waals surface area contributed by atoms with E-state index in [1.165, 1.54) is 0 Å². The van der Waals surface area contributed by atoms with E-state index in [1.54, 1.807) is 12.1 Å². The summed E-state index contributed by atoms with van der Waals surface area (Å²) in [6, 6.07) is 7.18. The lowest BCUT2D eigenvalue weighted by molar-refractivity contribution is -0.136. The number of hydrogen-bond donors (Lipinski definition) is 1. The van der Waals surface area contributed by atoms with Gasteiger partial charge in [-0.2, -0.15) is 0 Å². The first kappa shape index (κ1) is 13.9. The van der Waals surface area contributed by atoms with Gasteiger partial charge in [0.25, 0.3) is 0 Å². The Bertz CT molecular complexity index is 403. The molecule has 17 heavy (non-hydrogen) atoms. The second-order valence-electron chi connectivity index (χ2n) is 3.54. The van der Waals surface area contributed by atoms with Crippen molar-refractivity contribution < 1.29 is 18.5 Å². The Morgan fingerprint density at radius 3 is 2.59 bits per heavy atom. The van der Waals surface area contributed by atoms with Crippen molar-refractivity contribution in [2.45, 2.75) is 19.3 Å². The van der Waals surface area contributed by atoms with Crippen molar-refractivity contribution in [2.75, 3.05) is 6.61 Å². The molecule has 1 aromatic carbocycles. The Morgan fingerprint density at radius 1 is 1.24 bits per heavy atom. The molecule has 92 valence electrons. The average molecular weight is 301 g/mol. The molecule has 1 N–H and O–H groups in total. The molecule has 0 aliphatic carbocycles. The minimum Gasteiger partial charge on any atom is -0.481 e. The van der Waals surface area contributed by atoms with Gasteiger partial charge in [0.15, 0.2) is 5.78 Å². The van der Waals surface area contributed by atoms with Crippen molar-refractivity contribution in [2.24, 2.45) is 0 Å². The molecule has 1 aromatic rings. The van der Waals surface area contributed by atoms with Crippen molar-refractivity contribution in [3.8, 4) is 0 Å². The Kier molecular flexibility index (Phi) is 5.86. The third-order valence-corrected chi connectivity index (χ3v) is 2.66. The number of carboxylic acid groups (broad SMARTS) is 1. The number of benzene rings is 1. The first-order chi connectivity index (χ1) is 8.15. The van der Waals surface area contributed by atoms with Crippen LogP contribution < -0.4 is 0 Å². The van der Waals surface area contributed by atoms with E-state index in [2.05, 4.69) is 16.3 Å². The number of Topliss-reactive ketones (excluding diaryl/α,β-unsaturated/α-hetero) is 1.